The lowest BCUT2D eigenvalue weighted by Gasteiger charge is -2.34. The molecule has 7 unspecified atom stereocenters. The summed E-state index contributed by atoms with van der Waals surface area (Å²) < 4.78 is 163. The maximum Gasteiger partial charge on any atom is 0.508 e. The number of Topliss-reactive ketones (excluding diaryl/α,β-unsaturated/α-hetero) is 1. The van der Waals surface area contributed by atoms with Crippen LogP contribution in [0.5, 0.6) is 0 Å². The summed E-state index contributed by atoms with van der Waals surface area (Å²) in [6.45, 7) is 66.7. The molecule has 0 aromatic heterocycles. The van der Waals surface area contributed by atoms with Crippen molar-refractivity contribution in [3.05, 3.63) is 0 Å². The standard InChI is InChI=1S/C13H24O4.C12H23O6P.C11H23O6P.C10H21O6P.C9H19O7P.C9H17O6P.C8H17O6P.C7H15O6P.C7H17O4P/c1-10(14)11(15)7-5-6-8-12(16)17-9-13(2,3)4;1-12(2,3)8-17-11(13)9-4-6-10(7-5-9)18-19(14,15)16;1-7(2)9(11(4,5)6)16-10(12)8(3)17-18(13,14)15;1-7(2)8(16-17(12,13)14)9(11)15-6-10(3,4)5;1-7(16-17(11,12)13)5-14-8(10)15-6-9(2,3)4;1-8(2,3)6-14-7(10)9(4-5-9)15-16(11,12)13;1-6(14-15(10,11)12)7(9)13-5-8(2,3)4;1-7(2,3)5-12-6(8)4-13-14(9,10)11;1-6(5-7(2,3)4)11-12(8,9)10/h10,14H,5-9H2,1-4H3;9-10H,4-8H2,1-3H3,(H2,14,15,16);7-9H,1-6H3,(H2,13,14,15);7-8H,6H2,1-5H3,(H2,12,13,14);7H,5-6H2,1-4H3,(H2,11,12,13);4-6H2,1-3H3,(H2,11,12,13);6H,5H2,1-4H3,(H2,10,11,12);4-5H2,1-3H3,(H2,9,10,11);6H,5H2,1-4H3,(H2,8,9,10). The van der Waals surface area contributed by atoms with Gasteiger partial charge in [0.05, 0.1) is 64.4 Å². The third kappa shape index (κ3) is 110. The van der Waals surface area contributed by atoms with Crippen LogP contribution in [0, 0.1) is 66.5 Å². The highest BCUT2D eigenvalue weighted by molar-refractivity contribution is 7.48. The SMILES string of the molecule is CC(C)(C)COC(=O)C1(OP(=O)(O)O)CC1.CC(C)(C)COC(=O)C1CCC(OP(=O)(O)O)CC1.CC(C)(C)COC(=O)COP(=O)(O)O.CC(C)C(OP(=O)(O)O)C(=O)OCC(C)(C)C.CC(CC(C)(C)C)OP(=O)(O)O.CC(COC(=O)OCC(C)(C)C)OP(=O)(O)O.CC(O)C(=O)CCCCC(=O)OCC(C)(C)C.CC(OP(=O)(O)O)C(=O)OC(C(C)C)C(C)(C)C.CC(OP(=O)(O)O)C(=O)OCC(C)(C)C. The fraction of sp³-hybridized carbons (Fsp3) is 0.895. The van der Waals surface area contributed by atoms with Crippen molar-refractivity contribution < 1.29 is 242 Å². The third-order valence-corrected chi connectivity index (χ3v) is 20.7. The largest absolute Gasteiger partial charge is 0.508 e. The minimum Gasteiger partial charge on any atom is -0.465 e. The molecule has 7 atom stereocenters. The molecular weight excluding hydrogens is 2100 g/mol. The number of ketones is 1. The van der Waals surface area contributed by atoms with Gasteiger partial charge in [0.15, 0.2) is 36.3 Å². The van der Waals surface area contributed by atoms with Crippen molar-refractivity contribution in [3.8, 4) is 0 Å². The molecule has 0 bridgehead atoms. The van der Waals surface area contributed by atoms with Gasteiger partial charge in [-0.2, -0.15) is 0 Å². The summed E-state index contributed by atoms with van der Waals surface area (Å²) >= 11 is 0. The van der Waals surface area contributed by atoms with Crippen LogP contribution in [0.25, 0.3) is 0 Å². The molecule has 17 N–H and O–H groups in total. The number of aliphatic hydroxyl groups is 1. The second-order valence-electron chi connectivity index (χ2n) is 45.5. The Labute approximate surface area is 854 Å². The fourth-order valence-corrected chi connectivity index (χ4v) is 14.3. The average molecular weight is 2270 g/mol. The molecule has 2 aliphatic carbocycles. The first-order chi connectivity index (χ1) is 63.8. The molecule has 0 aromatic rings. The number of unbranched alkanes of at least 4 members (excludes halogenated alkanes) is 1. The normalized spacial score (nSPS) is 16.5. The summed E-state index contributed by atoms with van der Waals surface area (Å²) in [5.74, 6) is -4.86. The van der Waals surface area contributed by atoms with Gasteiger partial charge in [0.2, 0.25) is 0 Å². The number of hydrogen-bond donors (Lipinski definition) is 17. The molecule has 51 nitrogen and oxygen atoms in total. The van der Waals surface area contributed by atoms with Crippen molar-refractivity contribution in [1.29, 1.82) is 0 Å². The number of hydrogen-bond acceptors (Lipinski definition) is 35. The van der Waals surface area contributed by atoms with Gasteiger partial charge in [0.1, 0.15) is 24.9 Å². The van der Waals surface area contributed by atoms with Crippen LogP contribution >= 0.6 is 62.6 Å². The molecule has 0 aromatic carbocycles. The molecule has 0 saturated heterocycles. The molecule has 0 radical (unpaired) electrons. The van der Waals surface area contributed by atoms with Crippen LogP contribution in [-0.2, 0) is 154 Å². The van der Waals surface area contributed by atoms with Gasteiger partial charge in [-0.1, -0.05) is 215 Å². The topological polar surface area (TPSA) is 791 Å². The van der Waals surface area contributed by atoms with Crippen LogP contribution in [0.2, 0.25) is 0 Å². The molecule has 2 rings (SSSR count). The van der Waals surface area contributed by atoms with E-state index in [9.17, 15) is 79.7 Å². The first kappa shape index (κ1) is 154. The van der Waals surface area contributed by atoms with E-state index in [1.54, 1.807) is 20.8 Å². The molecule has 0 aliphatic heterocycles. The number of rotatable bonds is 41. The second kappa shape index (κ2) is 67.0. The molecular formula is C86H176O51P8. The maximum absolute atomic E-state index is 11.8. The van der Waals surface area contributed by atoms with E-state index in [1.165, 1.54) is 27.7 Å². The minimum atomic E-state index is -4.69. The number of phosphoric ester groups is 8. The van der Waals surface area contributed by atoms with Crippen LogP contribution in [0.3, 0.4) is 0 Å². The molecule has 866 valence electrons. The molecule has 0 spiro atoms. The number of ether oxygens (including phenoxy) is 9. The van der Waals surface area contributed by atoms with Crippen LogP contribution < -0.4 is 0 Å². The molecule has 2 saturated carbocycles. The Balaban J connectivity index is -0.000000296. The van der Waals surface area contributed by atoms with Crippen molar-refractivity contribution in [2.24, 2.45) is 66.5 Å². The summed E-state index contributed by atoms with van der Waals surface area (Å²) in [4.78, 5) is 239. The Morgan fingerprint density at radius 2 is 0.690 bits per heavy atom. The minimum absolute atomic E-state index is 0.0159. The predicted molar refractivity (Wildman–Crippen MR) is 527 cm³/mol. The smallest absolute Gasteiger partial charge is 0.465 e. The van der Waals surface area contributed by atoms with Crippen LogP contribution in [0.4, 0.5) is 4.79 Å². The van der Waals surface area contributed by atoms with Crippen molar-refractivity contribution in [3.63, 3.8) is 0 Å². The van der Waals surface area contributed by atoms with E-state index in [1.807, 2.05) is 201 Å². The number of aliphatic hydroxyl groups excluding tert-OH is 1. The lowest BCUT2D eigenvalue weighted by Crippen LogP contribution is -2.38. The van der Waals surface area contributed by atoms with E-state index in [0.29, 0.717) is 83.8 Å². The first-order valence-corrected chi connectivity index (χ1v) is 58.1. The molecule has 2 aliphatic rings. The average Bonchev–Trinajstić information content (AvgIpc) is 1.62. The number of carbonyl (C=O) groups excluding carboxylic acids is 9. The van der Waals surface area contributed by atoms with E-state index in [0.717, 1.165) is 0 Å². The number of esters is 7. The van der Waals surface area contributed by atoms with E-state index < -0.39 is 154 Å². The van der Waals surface area contributed by atoms with Crippen molar-refractivity contribution >= 4 is 116 Å². The Hall–Kier alpha value is -3.93. The van der Waals surface area contributed by atoms with Gasteiger partial charge in [-0.25, -0.2) is 65.3 Å². The monoisotopic (exact) mass is 2270 g/mol. The van der Waals surface area contributed by atoms with Crippen molar-refractivity contribution in [2.45, 2.75) is 374 Å². The van der Waals surface area contributed by atoms with Gasteiger partial charge < -0.3 is 126 Å². The summed E-state index contributed by atoms with van der Waals surface area (Å²) in [6.07, 6.45) is -2.58. The highest BCUT2D eigenvalue weighted by Crippen LogP contribution is 2.53. The van der Waals surface area contributed by atoms with Gasteiger partial charge in [-0.3, -0.25) is 50.6 Å². The molecule has 59 heteroatoms. The summed E-state index contributed by atoms with van der Waals surface area (Å²) in [5.41, 5.74) is -2.67. The highest BCUT2D eigenvalue weighted by atomic mass is 31.2. The Bertz CT molecular complexity index is 4180. The van der Waals surface area contributed by atoms with E-state index >= 15 is 0 Å². The lowest BCUT2D eigenvalue weighted by molar-refractivity contribution is -0.166. The summed E-state index contributed by atoms with van der Waals surface area (Å²) in [7, 11) is -36.5. The Kier molecular flexibility index (Phi) is 71.2. The van der Waals surface area contributed by atoms with Crippen LogP contribution in [0.15, 0.2) is 0 Å². The zero-order valence-corrected chi connectivity index (χ0v) is 98.2. The Morgan fingerprint density at radius 1 is 0.345 bits per heavy atom. The highest BCUT2D eigenvalue weighted by Gasteiger charge is 2.57. The third-order valence-electron chi connectivity index (χ3n) is 16.1. The van der Waals surface area contributed by atoms with E-state index in [4.69, 9.17) is 121 Å². The molecule has 0 heterocycles. The molecule has 145 heavy (non-hydrogen) atoms. The molecule has 2 fully saturated rings. The lowest BCUT2D eigenvalue weighted by atomic mass is 9.82. The van der Waals surface area contributed by atoms with Crippen LogP contribution in [0.1, 0.15) is 320 Å². The van der Waals surface area contributed by atoms with Gasteiger partial charge in [0.25, 0.3) is 0 Å². The van der Waals surface area contributed by atoms with Gasteiger partial charge >= 0.3 is 111 Å². The number of phosphoric acid groups is 8. The van der Waals surface area contributed by atoms with Gasteiger partial charge in [-0.15, -0.1) is 0 Å². The zero-order chi connectivity index (χ0) is 117. The fourth-order valence-electron chi connectivity index (χ4n) is 10.0. The van der Waals surface area contributed by atoms with Crippen molar-refractivity contribution in [1.82, 2.24) is 0 Å². The Morgan fingerprint density at radius 3 is 1.02 bits per heavy atom. The van der Waals surface area contributed by atoms with Crippen molar-refractivity contribution in [2.75, 3.05) is 59.5 Å². The first-order valence-electron chi connectivity index (χ1n) is 45.9. The maximum atomic E-state index is 11.8. The van der Waals surface area contributed by atoms with Crippen LogP contribution in [-0.4, -0.2) is 251 Å². The predicted octanol–water partition coefficient (Wildman–Crippen LogP) is 14.7. The van der Waals surface area contributed by atoms with Gasteiger partial charge in [0, 0.05) is 12.8 Å². The molecule has 0 amide bonds. The summed E-state index contributed by atoms with van der Waals surface area (Å²) in [6, 6.07) is 0. The van der Waals surface area contributed by atoms with Gasteiger partial charge in [-0.05, 0) is 153 Å². The van der Waals surface area contributed by atoms with E-state index in [2.05, 4.69) is 40.9 Å². The van der Waals surface area contributed by atoms with E-state index in [-0.39, 0.29) is 130 Å². The zero-order valence-electron chi connectivity index (χ0n) is 91.1. The second-order valence-corrected chi connectivity index (χ2v) is 55.1. The summed E-state index contributed by atoms with van der Waals surface area (Å²) in [5, 5.41) is 8.96. The number of carbonyl (C=O) groups is 9. The quantitative estimate of drug-likeness (QED) is 0.0117.